The zero-order chi connectivity index (χ0) is 17.9. The number of hydrogen-bond donors (Lipinski definition) is 0. The molecule has 2 aliphatic rings. The van der Waals surface area contributed by atoms with E-state index in [1.165, 1.54) is 0 Å². The number of aryl methyl sites for hydroxylation is 1. The van der Waals surface area contributed by atoms with E-state index in [9.17, 15) is 13.2 Å². The van der Waals surface area contributed by atoms with Crippen molar-refractivity contribution in [2.24, 2.45) is 5.92 Å². The normalized spacial score (nSPS) is 22.0. The molecule has 0 atom stereocenters. The summed E-state index contributed by atoms with van der Waals surface area (Å²) in [7, 11) is -3.33. The Hall–Kier alpha value is -1.25. The topological polar surface area (TPSA) is 75.5 Å². The van der Waals surface area contributed by atoms with Crippen molar-refractivity contribution in [2.45, 2.75) is 52.0 Å². The SMILES string of the molecule is Cc1cncn(CC2CCN(S(=O)(=O)N3CCCCCC3)CC2)c1=O. The molecular formula is C17H28N4O3S. The van der Waals surface area contributed by atoms with Crippen molar-refractivity contribution in [1.82, 2.24) is 18.2 Å². The van der Waals surface area contributed by atoms with Crippen LogP contribution in [0.15, 0.2) is 17.3 Å². The second-order valence-electron chi connectivity index (χ2n) is 7.20. The summed E-state index contributed by atoms with van der Waals surface area (Å²) < 4.78 is 30.6. The van der Waals surface area contributed by atoms with Gasteiger partial charge in [-0.2, -0.15) is 17.0 Å². The molecule has 0 saturated carbocycles. The molecule has 8 heteroatoms. The van der Waals surface area contributed by atoms with Gasteiger partial charge in [-0.25, -0.2) is 4.98 Å². The molecule has 1 aromatic heterocycles. The Labute approximate surface area is 149 Å². The van der Waals surface area contributed by atoms with E-state index in [1.54, 1.807) is 32.6 Å². The Kier molecular flexibility index (Phi) is 5.91. The largest absolute Gasteiger partial charge is 0.299 e. The second kappa shape index (κ2) is 7.97. The molecule has 7 nitrogen and oxygen atoms in total. The number of nitrogens with zero attached hydrogens (tertiary/aromatic N) is 4. The van der Waals surface area contributed by atoms with Crippen LogP contribution in [0.2, 0.25) is 0 Å². The standard InChI is InChI=1S/C17H28N4O3S/c1-15-12-18-14-19(17(15)22)13-16-6-10-21(11-7-16)25(23,24)20-8-4-2-3-5-9-20/h12,14,16H,2-11,13H2,1H3. The van der Waals surface area contributed by atoms with Gasteiger partial charge < -0.3 is 0 Å². The van der Waals surface area contributed by atoms with Gasteiger partial charge >= 0.3 is 0 Å². The molecular weight excluding hydrogens is 340 g/mol. The van der Waals surface area contributed by atoms with Gasteiger partial charge in [0, 0.05) is 44.5 Å². The lowest BCUT2D eigenvalue weighted by molar-refractivity contribution is 0.236. The fourth-order valence-electron chi connectivity index (χ4n) is 3.73. The van der Waals surface area contributed by atoms with Crippen LogP contribution in [0.5, 0.6) is 0 Å². The van der Waals surface area contributed by atoms with Crippen LogP contribution in [0, 0.1) is 12.8 Å². The summed E-state index contributed by atoms with van der Waals surface area (Å²) in [5.41, 5.74) is 0.637. The summed E-state index contributed by atoms with van der Waals surface area (Å²) in [5, 5.41) is 0. The van der Waals surface area contributed by atoms with Crippen molar-refractivity contribution in [3.05, 3.63) is 28.4 Å². The molecule has 0 aromatic carbocycles. The number of piperidine rings is 1. The van der Waals surface area contributed by atoms with Gasteiger partial charge in [0.15, 0.2) is 0 Å². The van der Waals surface area contributed by atoms with Crippen LogP contribution in [0.3, 0.4) is 0 Å². The molecule has 2 saturated heterocycles. The molecule has 3 rings (SSSR count). The molecule has 0 amide bonds. The lowest BCUT2D eigenvalue weighted by Gasteiger charge is -2.34. The Morgan fingerprint density at radius 3 is 2.28 bits per heavy atom. The van der Waals surface area contributed by atoms with Crippen molar-refractivity contribution in [1.29, 1.82) is 0 Å². The first-order valence-corrected chi connectivity index (χ1v) is 10.6. The van der Waals surface area contributed by atoms with Crippen molar-refractivity contribution in [2.75, 3.05) is 26.2 Å². The molecule has 0 N–H and O–H groups in total. The van der Waals surface area contributed by atoms with Crippen molar-refractivity contribution in [3.63, 3.8) is 0 Å². The highest BCUT2D eigenvalue weighted by molar-refractivity contribution is 7.86. The highest BCUT2D eigenvalue weighted by Gasteiger charge is 2.33. The van der Waals surface area contributed by atoms with Gasteiger partial charge in [-0.15, -0.1) is 0 Å². The van der Waals surface area contributed by atoms with E-state index in [0.717, 1.165) is 38.5 Å². The zero-order valence-electron chi connectivity index (χ0n) is 14.9. The zero-order valence-corrected chi connectivity index (χ0v) is 15.7. The number of aromatic nitrogens is 2. The van der Waals surface area contributed by atoms with Crippen LogP contribution < -0.4 is 5.56 Å². The molecule has 3 heterocycles. The smallest absolute Gasteiger partial charge is 0.281 e. The average molecular weight is 369 g/mol. The van der Waals surface area contributed by atoms with Gasteiger partial charge in [-0.1, -0.05) is 12.8 Å². The van der Waals surface area contributed by atoms with Gasteiger partial charge in [-0.05, 0) is 38.5 Å². The number of hydrogen-bond acceptors (Lipinski definition) is 4. The van der Waals surface area contributed by atoms with Gasteiger partial charge in [0.1, 0.15) is 0 Å². The predicted molar refractivity (Wildman–Crippen MR) is 96.5 cm³/mol. The quantitative estimate of drug-likeness (QED) is 0.805. The van der Waals surface area contributed by atoms with Gasteiger partial charge in [0.05, 0.1) is 6.33 Å². The summed E-state index contributed by atoms with van der Waals surface area (Å²) in [6.45, 7) is 4.75. The highest BCUT2D eigenvalue weighted by Crippen LogP contribution is 2.24. The summed E-state index contributed by atoms with van der Waals surface area (Å²) in [4.78, 5) is 16.2. The van der Waals surface area contributed by atoms with Crippen LogP contribution in [0.4, 0.5) is 0 Å². The van der Waals surface area contributed by atoms with E-state index >= 15 is 0 Å². The van der Waals surface area contributed by atoms with Gasteiger partial charge in [0.2, 0.25) is 0 Å². The lowest BCUT2D eigenvalue weighted by atomic mass is 9.98. The van der Waals surface area contributed by atoms with Crippen LogP contribution in [-0.2, 0) is 16.8 Å². The maximum absolute atomic E-state index is 12.8. The average Bonchev–Trinajstić information content (AvgIpc) is 2.89. The lowest BCUT2D eigenvalue weighted by Crippen LogP contribution is -2.48. The van der Waals surface area contributed by atoms with E-state index in [4.69, 9.17) is 0 Å². The molecule has 1 aromatic rings. The maximum atomic E-state index is 12.8. The minimum absolute atomic E-state index is 0.00498. The molecule has 25 heavy (non-hydrogen) atoms. The van der Waals surface area contributed by atoms with Crippen LogP contribution in [-0.4, -0.2) is 52.8 Å². The first-order valence-electron chi connectivity index (χ1n) is 9.25. The van der Waals surface area contributed by atoms with E-state index in [-0.39, 0.29) is 5.56 Å². The minimum Gasteiger partial charge on any atom is -0.299 e. The molecule has 2 aliphatic heterocycles. The van der Waals surface area contributed by atoms with Crippen LogP contribution in [0.1, 0.15) is 44.1 Å². The predicted octanol–water partition coefficient (Wildman–Crippen LogP) is 1.38. The van der Waals surface area contributed by atoms with E-state index < -0.39 is 10.2 Å². The number of rotatable bonds is 4. The fourth-order valence-corrected chi connectivity index (χ4v) is 5.44. The molecule has 0 unspecified atom stereocenters. The Morgan fingerprint density at radius 2 is 1.64 bits per heavy atom. The van der Waals surface area contributed by atoms with Gasteiger partial charge in [-0.3, -0.25) is 9.36 Å². The van der Waals surface area contributed by atoms with E-state index in [1.807, 2.05) is 0 Å². The van der Waals surface area contributed by atoms with Crippen molar-refractivity contribution in [3.8, 4) is 0 Å². The first kappa shape index (κ1) is 18.5. The molecule has 140 valence electrons. The van der Waals surface area contributed by atoms with Crippen molar-refractivity contribution < 1.29 is 8.42 Å². The Bertz CT molecular complexity index is 731. The summed E-state index contributed by atoms with van der Waals surface area (Å²) in [6.07, 6.45) is 8.88. The van der Waals surface area contributed by atoms with Crippen LogP contribution in [0.25, 0.3) is 0 Å². The third-order valence-electron chi connectivity index (χ3n) is 5.32. The molecule has 0 bridgehead atoms. The highest BCUT2D eigenvalue weighted by atomic mass is 32.2. The van der Waals surface area contributed by atoms with Crippen LogP contribution >= 0.6 is 0 Å². The third kappa shape index (κ3) is 4.30. The third-order valence-corrected chi connectivity index (χ3v) is 7.35. The molecule has 0 spiro atoms. The van der Waals surface area contributed by atoms with E-state index in [0.29, 0.717) is 44.2 Å². The monoisotopic (exact) mass is 368 g/mol. The first-order chi connectivity index (χ1) is 12.0. The Balaban J connectivity index is 1.59. The molecule has 0 aliphatic carbocycles. The second-order valence-corrected chi connectivity index (χ2v) is 9.13. The van der Waals surface area contributed by atoms with Crippen molar-refractivity contribution >= 4 is 10.2 Å². The maximum Gasteiger partial charge on any atom is 0.281 e. The molecule has 0 radical (unpaired) electrons. The summed E-state index contributed by atoms with van der Waals surface area (Å²) in [5.74, 6) is 0.317. The minimum atomic E-state index is -3.33. The van der Waals surface area contributed by atoms with Gasteiger partial charge in [0.25, 0.3) is 15.8 Å². The van der Waals surface area contributed by atoms with E-state index in [2.05, 4.69) is 4.98 Å². The summed E-state index contributed by atoms with van der Waals surface area (Å²) >= 11 is 0. The summed E-state index contributed by atoms with van der Waals surface area (Å²) in [6, 6.07) is 0. The fraction of sp³-hybridized carbons (Fsp3) is 0.765. The Morgan fingerprint density at radius 1 is 1.04 bits per heavy atom. The molecule has 2 fully saturated rings.